The lowest BCUT2D eigenvalue weighted by Gasteiger charge is -2.02. The van der Waals surface area contributed by atoms with Crippen LogP contribution in [0.4, 0.5) is 0 Å². The first-order valence-electron chi connectivity index (χ1n) is 5.56. The molecule has 0 atom stereocenters. The zero-order chi connectivity index (χ0) is 11.0. The van der Waals surface area contributed by atoms with E-state index in [2.05, 4.69) is 45.9 Å². The van der Waals surface area contributed by atoms with Crippen LogP contribution in [0.5, 0.6) is 0 Å². The third kappa shape index (κ3) is 2.07. The highest BCUT2D eigenvalue weighted by Crippen LogP contribution is 2.32. The number of hydrogen-bond donors (Lipinski definition) is 0. The van der Waals surface area contributed by atoms with E-state index in [1.165, 1.54) is 27.6 Å². The molecule has 0 fully saturated rings. The fourth-order valence-corrected chi connectivity index (χ4v) is 3.35. The lowest BCUT2D eigenvalue weighted by atomic mass is 10.0. The molecule has 1 heteroatoms. The number of hydrogen-bond acceptors (Lipinski definition) is 1. The minimum absolute atomic E-state index is 0.748. The average Bonchev–Trinajstić information content (AvgIpc) is 2.44. The van der Waals surface area contributed by atoms with E-state index in [1.54, 1.807) is 4.88 Å². The van der Waals surface area contributed by atoms with Crippen molar-refractivity contribution in [2.75, 3.05) is 0 Å². The maximum Gasteiger partial charge on any atom is 0.0348 e. The van der Waals surface area contributed by atoms with Crippen LogP contribution in [0.15, 0.2) is 18.2 Å². The maximum absolute atomic E-state index is 2.31. The van der Waals surface area contributed by atoms with Crippen LogP contribution in [0.25, 0.3) is 10.1 Å². The fourth-order valence-electron chi connectivity index (χ4n) is 1.95. The van der Waals surface area contributed by atoms with Crippen LogP contribution >= 0.6 is 11.3 Å². The minimum atomic E-state index is 0.748. The van der Waals surface area contributed by atoms with Gasteiger partial charge in [-0.3, -0.25) is 0 Å². The van der Waals surface area contributed by atoms with E-state index in [0.717, 1.165) is 5.92 Å². The van der Waals surface area contributed by atoms with Crippen molar-refractivity contribution in [1.29, 1.82) is 0 Å². The Hall–Kier alpha value is -0.820. The standard InChI is InChI=1S/C14H18S/c1-9(2)7-14-11(4)12-8-10(3)5-6-13(12)15-14/h5-6,8-9H,7H2,1-4H3. The smallest absolute Gasteiger partial charge is 0.0348 e. The second-order valence-corrected chi connectivity index (χ2v) is 5.88. The van der Waals surface area contributed by atoms with Crippen LogP contribution < -0.4 is 0 Å². The van der Waals surface area contributed by atoms with Crippen molar-refractivity contribution in [3.63, 3.8) is 0 Å². The Morgan fingerprint density at radius 3 is 2.60 bits per heavy atom. The molecule has 0 aliphatic rings. The quantitative estimate of drug-likeness (QED) is 0.684. The topological polar surface area (TPSA) is 0 Å². The lowest BCUT2D eigenvalue weighted by molar-refractivity contribution is 0.652. The monoisotopic (exact) mass is 218 g/mol. The highest BCUT2D eigenvalue weighted by molar-refractivity contribution is 7.19. The van der Waals surface area contributed by atoms with E-state index in [1.807, 2.05) is 11.3 Å². The van der Waals surface area contributed by atoms with Crippen molar-refractivity contribution in [2.24, 2.45) is 5.92 Å². The normalized spacial score (nSPS) is 11.5. The molecule has 15 heavy (non-hydrogen) atoms. The summed E-state index contributed by atoms with van der Waals surface area (Å²) in [7, 11) is 0. The van der Waals surface area contributed by atoms with Crippen molar-refractivity contribution >= 4 is 21.4 Å². The second kappa shape index (κ2) is 3.97. The van der Waals surface area contributed by atoms with Gasteiger partial charge in [-0.25, -0.2) is 0 Å². The van der Waals surface area contributed by atoms with Gasteiger partial charge in [0.05, 0.1) is 0 Å². The SMILES string of the molecule is Cc1ccc2sc(CC(C)C)c(C)c2c1. The Labute approximate surface area is 95.9 Å². The third-order valence-electron chi connectivity index (χ3n) is 2.78. The lowest BCUT2D eigenvalue weighted by Crippen LogP contribution is -1.92. The summed E-state index contributed by atoms with van der Waals surface area (Å²) >= 11 is 1.96. The van der Waals surface area contributed by atoms with Crippen LogP contribution in [0.3, 0.4) is 0 Å². The first-order chi connectivity index (χ1) is 7.08. The highest BCUT2D eigenvalue weighted by Gasteiger charge is 2.09. The van der Waals surface area contributed by atoms with Crippen molar-refractivity contribution in [3.05, 3.63) is 34.2 Å². The van der Waals surface area contributed by atoms with Gasteiger partial charge in [-0.1, -0.05) is 31.5 Å². The Balaban J connectivity index is 2.54. The molecule has 0 bridgehead atoms. The molecule has 0 aliphatic heterocycles. The summed E-state index contributed by atoms with van der Waals surface area (Å²) in [5.74, 6) is 0.748. The summed E-state index contributed by atoms with van der Waals surface area (Å²) < 4.78 is 1.44. The summed E-state index contributed by atoms with van der Waals surface area (Å²) in [6, 6.07) is 6.77. The number of aryl methyl sites for hydroxylation is 2. The summed E-state index contributed by atoms with van der Waals surface area (Å²) in [4.78, 5) is 1.56. The van der Waals surface area contributed by atoms with Gasteiger partial charge >= 0.3 is 0 Å². The number of fused-ring (bicyclic) bond motifs is 1. The number of rotatable bonds is 2. The van der Waals surface area contributed by atoms with Crippen molar-refractivity contribution < 1.29 is 0 Å². The molecule has 0 N–H and O–H groups in total. The summed E-state index contributed by atoms with van der Waals surface area (Å²) in [6.07, 6.45) is 1.21. The predicted octanol–water partition coefficient (Wildman–Crippen LogP) is 4.72. The van der Waals surface area contributed by atoms with E-state index in [-0.39, 0.29) is 0 Å². The Morgan fingerprint density at radius 2 is 1.93 bits per heavy atom. The molecule has 0 saturated heterocycles. The van der Waals surface area contributed by atoms with Gasteiger partial charge in [0.15, 0.2) is 0 Å². The molecule has 0 spiro atoms. The fraction of sp³-hybridized carbons (Fsp3) is 0.429. The van der Waals surface area contributed by atoms with Crippen molar-refractivity contribution in [2.45, 2.75) is 34.1 Å². The Kier molecular flexibility index (Phi) is 2.83. The zero-order valence-corrected chi connectivity index (χ0v) is 10.7. The van der Waals surface area contributed by atoms with Gasteiger partial charge < -0.3 is 0 Å². The molecule has 1 heterocycles. The van der Waals surface area contributed by atoms with Crippen LogP contribution in [0, 0.1) is 19.8 Å². The van der Waals surface area contributed by atoms with Gasteiger partial charge in [0.25, 0.3) is 0 Å². The van der Waals surface area contributed by atoms with E-state index in [4.69, 9.17) is 0 Å². The first-order valence-corrected chi connectivity index (χ1v) is 6.38. The van der Waals surface area contributed by atoms with Crippen LogP contribution in [-0.4, -0.2) is 0 Å². The van der Waals surface area contributed by atoms with Gasteiger partial charge in [-0.2, -0.15) is 0 Å². The van der Waals surface area contributed by atoms with Crippen LogP contribution in [0.1, 0.15) is 29.9 Å². The molecule has 0 aliphatic carbocycles. The molecule has 0 radical (unpaired) electrons. The number of thiophene rings is 1. The molecular weight excluding hydrogens is 200 g/mol. The van der Waals surface area contributed by atoms with Gasteiger partial charge in [0, 0.05) is 9.58 Å². The second-order valence-electron chi connectivity index (χ2n) is 4.75. The van der Waals surface area contributed by atoms with Gasteiger partial charge in [-0.15, -0.1) is 11.3 Å². The molecule has 1 aromatic carbocycles. The molecule has 1 aromatic heterocycles. The number of benzene rings is 1. The summed E-state index contributed by atoms with van der Waals surface area (Å²) in [5, 5.41) is 1.45. The van der Waals surface area contributed by atoms with Crippen molar-refractivity contribution in [3.8, 4) is 0 Å². The van der Waals surface area contributed by atoms with E-state index in [0.29, 0.717) is 0 Å². The highest BCUT2D eigenvalue weighted by atomic mass is 32.1. The third-order valence-corrected chi connectivity index (χ3v) is 4.08. The first kappa shape index (κ1) is 10.7. The molecule has 80 valence electrons. The molecule has 2 rings (SSSR count). The van der Waals surface area contributed by atoms with E-state index < -0.39 is 0 Å². The largest absolute Gasteiger partial charge is 0.140 e. The van der Waals surface area contributed by atoms with E-state index >= 15 is 0 Å². The molecule has 2 aromatic rings. The van der Waals surface area contributed by atoms with Gasteiger partial charge in [0.2, 0.25) is 0 Å². The maximum atomic E-state index is 2.31. The summed E-state index contributed by atoms with van der Waals surface area (Å²) in [6.45, 7) is 9.00. The van der Waals surface area contributed by atoms with E-state index in [9.17, 15) is 0 Å². The molecule has 0 unspecified atom stereocenters. The molecule has 0 amide bonds. The van der Waals surface area contributed by atoms with Crippen LogP contribution in [-0.2, 0) is 6.42 Å². The Morgan fingerprint density at radius 1 is 1.20 bits per heavy atom. The predicted molar refractivity (Wildman–Crippen MR) is 69.8 cm³/mol. The van der Waals surface area contributed by atoms with Crippen LogP contribution in [0.2, 0.25) is 0 Å². The summed E-state index contributed by atoms with van der Waals surface area (Å²) in [5.41, 5.74) is 2.85. The average molecular weight is 218 g/mol. The van der Waals surface area contributed by atoms with Gasteiger partial charge in [-0.05, 0) is 43.2 Å². The Bertz CT molecular complexity index is 477. The molecule has 0 nitrogen and oxygen atoms in total. The molecule has 0 saturated carbocycles. The molecular formula is C14H18S. The minimum Gasteiger partial charge on any atom is -0.140 e. The zero-order valence-electron chi connectivity index (χ0n) is 9.92. The van der Waals surface area contributed by atoms with Crippen molar-refractivity contribution in [1.82, 2.24) is 0 Å². The van der Waals surface area contributed by atoms with Gasteiger partial charge in [0.1, 0.15) is 0 Å².